The van der Waals surface area contributed by atoms with Gasteiger partial charge in [0.25, 0.3) is 0 Å². The van der Waals surface area contributed by atoms with Crippen molar-refractivity contribution in [2.75, 3.05) is 17.2 Å². The van der Waals surface area contributed by atoms with Crippen LogP contribution in [0.5, 0.6) is 0 Å². The Labute approximate surface area is 228 Å². The van der Waals surface area contributed by atoms with Crippen molar-refractivity contribution < 1.29 is 9.59 Å². The number of urea groups is 1. The Hall–Kier alpha value is -4.10. The summed E-state index contributed by atoms with van der Waals surface area (Å²) in [5.74, 6) is 0.213. The zero-order chi connectivity index (χ0) is 27.3. The first kappa shape index (κ1) is 26.9. The van der Waals surface area contributed by atoms with Crippen molar-refractivity contribution in [2.24, 2.45) is 0 Å². The van der Waals surface area contributed by atoms with Crippen molar-refractivity contribution in [3.63, 3.8) is 0 Å². The second-order valence-corrected chi connectivity index (χ2v) is 10.7. The van der Waals surface area contributed by atoms with Gasteiger partial charge in [0, 0.05) is 28.7 Å². The minimum atomic E-state index is -0.395. The van der Waals surface area contributed by atoms with Crippen LogP contribution < -0.4 is 10.6 Å². The second kappa shape index (κ2) is 11.5. The summed E-state index contributed by atoms with van der Waals surface area (Å²) >= 11 is 5.98. The van der Waals surface area contributed by atoms with Gasteiger partial charge in [-0.1, -0.05) is 74.8 Å². The molecule has 2 N–H and O–H groups in total. The van der Waals surface area contributed by atoms with Crippen LogP contribution in [0.3, 0.4) is 0 Å². The lowest BCUT2D eigenvalue weighted by atomic mass is 9.92. The van der Waals surface area contributed by atoms with Gasteiger partial charge < -0.3 is 15.5 Å². The summed E-state index contributed by atoms with van der Waals surface area (Å²) in [5, 5.41) is 11.2. The van der Waals surface area contributed by atoms with Crippen molar-refractivity contribution in [2.45, 2.75) is 39.7 Å². The normalized spacial score (nSPS) is 11.2. The quantitative estimate of drug-likeness (QED) is 0.276. The van der Waals surface area contributed by atoms with E-state index in [1.807, 2.05) is 67.6 Å². The fourth-order valence-corrected chi connectivity index (χ4v) is 4.01. The smallest absolute Gasteiger partial charge is 0.311 e. The Bertz CT molecular complexity index is 1410. The van der Waals surface area contributed by atoms with E-state index in [0.29, 0.717) is 16.5 Å². The van der Waals surface area contributed by atoms with Crippen LogP contribution in [0.4, 0.5) is 16.3 Å². The minimum absolute atomic E-state index is 0.155. The Morgan fingerprint density at radius 1 is 0.921 bits per heavy atom. The Morgan fingerprint density at radius 2 is 1.63 bits per heavy atom. The summed E-state index contributed by atoms with van der Waals surface area (Å²) in [6.45, 7) is 8.34. The molecule has 1 heterocycles. The summed E-state index contributed by atoms with van der Waals surface area (Å²) in [5.41, 5.74) is 4.05. The highest BCUT2D eigenvalue weighted by atomic mass is 35.5. The van der Waals surface area contributed by atoms with E-state index in [0.717, 1.165) is 22.5 Å². The van der Waals surface area contributed by atoms with Crippen LogP contribution >= 0.6 is 11.6 Å². The molecule has 3 amide bonds. The number of anilines is 2. The third-order valence-corrected chi connectivity index (χ3v) is 6.18. The molecular formula is C30H32ClN5O2. The lowest BCUT2D eigenvalue weighted by Gasteiger charge is -2.23. The molecule has 0 unspecified atom stereocenters. The summed E-state index contributed by atoms with van der Waals surface area (Å²) in [7, 11) is 0. The third kappa shape index (κ3) is 7.01. The average molecular weight is 530 g/mol. The van der Waals surface area contributed by atoms with Crippen molar-refractivity contribution in [1.29, 1.82) is 0 Å². The second-order valence-electron chi connectivity index (χ2n) is 10.2. The monoisotopic (exact) mass is 529 g/mol. The van der Waals surface area contributed by atoms with E-state index in [9.17, 15) is 9.59 Å². The molecule has 0 radical (unpaired) electrons. The van der Waals surface area contributed by atoms with Crippen molar-refractivity contribution in [3.05, 3.63) is 107 Å². The van der Waals surface area contributed by atoms with Gasteiger partial charge in [0.05, 0.1) is 11.4 Å². The number of hydrogen-bond acceptors (Lipinski definition) is 3. The number of hydrogen-bond donors (Lipinski definition) is 2. The molecule has 3 aromatic carbocycles. The Morgan fingerprint density at radius 3 is 2.29 bits per heavy atom. The molecule has 0 aliphatic heterocycles. The fraction of sp³-hybridized carbons (Fsp3) is 0.233. The average Bonchev–Trinajstić information content (AvgIpc) is 3.30. The van der Waals surface area contributed by atoms with Crippen LogP contribution in [-0.4, -0.2) is 33.2 Å². The largest absolute Gasteiger partial charge is 0.322 e. The summed E-state index contributed by atoms with van der Waals surface area (Å²) in [6, 6.07) is 25.8. The molecule has 0 saturated carbocycles. The molecule has 0 aliphatic rings. The number of halogens is 1. The van der Waals surface area contributed by atoms with Gasteiger partial charge in [-0.25, -0.2) is 9.48 Å². The summed E-state index contributed by atoms with van der Waals surface area (Å²) < 4.78 is 1.74. The van der Waals surface area contributed by atoms with E-state index in [1.165, 1.54) is 4.90 Å². The number of rotatable bonds is 7. The van der Waals surface area contributed by atoms with Gasteiger partial charge in [0.2, 0.25) is 5.91 Å². The molecule has 38 heavy (non-hydrogen) atoms. The molecule has 1 aromatic heterocycles. The van der Waals surface area contributed by atoms with Crippen LogP contribution in [0.1, 0.15) is 37.6 Å². The first-order valence-electron chi connectivity index (χ1n) is 12.4. The molecule has 4 rings (SSSR count). The van der Waals surface area contributed by atoms with Gasteiger partial charge in [-0.3, -0.25) is 4.79 Å². The molecule has 0 aliphatic carbocycles. The number of nitrogens with zero attached hydrogens (tertiary/aromatic N) is 3. The van der Waals surface area contributed by atoms with Crippen LogP contribution in [0.25, 0.3) is 5.69 Å². The highest BCUT2D eigenvalue weighted by Gasteiger charge is 2.23. The van der Waals surface area contributed by atoms with Crippen LogP contribution in [-0.2, 0) is 16.8 Å². The molecule has 0 bridgehead atoms. The van der Waals surface area contributed by atoms with Gasteiger partial charge in [-0.05, 0) is 54.4 Å². The molecule has 0 spiro atoms. The SMILES string of the molecule is Cc1cccc(-n2nc(C(C)(C)C)cc2NC(=O)CN(Cc2ccccc2)C(=O)Nc2ccc(Cl)cc2)c1. The first-order valence-corrected chi connectivity index (χ1v) is 12.8. The predicted molar refractivity (Wildman–Crippen MR) is 153 cm³/mol. The molecule has 0 fully saturated rings. The van der Waals surface area contributed by atoms with Crippen LogP contribution in [0, 0.1) is 6.92 Å². The molecule has 0 saturated heterocycles. The zero-order valence-corrected chi connectivity index (χ0v) is 22.8. The van der Waals surface area contributed by atoms with Crippen molar-refractivity contribution in [3.8, 4) is 5.69 Å². The minimum Gasteiger partial charge on any atom is -0.311 e. The van der Waals surface area contributed by atoms with E-state index in [-0.39, 0.29) is 24.4 Å². The highest BCUT2D eigenvalue weighted by Crippen LogP contribution is 2.26. The lowest BCUT2D eigenvalue weighted by Crippen LogP contribution is -2.40. The maximum atomic E-state index is 13.3. The van der Waals surface area contributed by atoms with Gasteiger partial charge in [0.1, 0.15) is 12.4 Å². The number of benzene rings is 3. The van der Waals surface area contributed by atoms with Gasteiger partial charge >= 0.3 is 6.03 Å². The molecule has 7 nitrogen and oxygen atoms in total. The lowest BCUT2D eigenvalue weighted by molar-refractivity contribution is -0.116. The standard InChI is InChI=1S/C30H32ClN5O2/c1-21-9-8-12-25(17-21)36-27(18-26(34-36)30(2,3)4)33-28(37)20-35(19-22-10-6-5-7-11-22)29(38)32-24-15-13-23(31)14-16-24/h5-18H,19-20H2,1-4H3,(H,32,38)(H,33,37). The number of carbonyl (C=O) groups is 2. The highest BCUT2D eigenvalue weighted by molar-refractivity contribution is 6.30. The van der Waals surface area contributed by atoms with Crippen LogP contribution in [0.15, 0.2) is 84.9 Å². The van der Waals surface area contributed by atoms with Crippen molar-refractivity contribution >= 4 is 35.0 Å². The van der Waals surface area contributed by atoms with Gasteiger partial charge in [-0.2, -0.15) is 5.10 Å². The Balaban J connectivity index is 1.58. The summed E-state index contributed by atoms with van der Waals surface area (Å²) in [4.78, 5) is 28.0. The maximum Gasteiger partial charge on any atom is 0.322 e. The number of aryl methyl sites for hydroxylation is 1. The number of nitrogens with one attached hydrogen (secondary N) is 2. The van der Waals surface area contributed by atoms with Gasteiger partial charge in [0.15, 0.2) is 0 Å². The maximum absolute atomic E-state index is 13.3. The molecule has 8 heteroatoms. The van der Waals surface area contributed by atoms with Gasteiger partial charge in [-0.15, -0.1) is 0 Å². The fourth-order valence-electron chi connectivity index (χ4n) is 3.89. The summed E-state index contributed by atoms with van der Waals surface area (Å²) in [6.07, 6.45) is 0. The first-order chi connectivity index (χ1) is 18.1. The molecule has 0 atom stereocenters. The number of carbonyl (C=O) groups excluding carboxylic acids is 2. The molecule has 4 aromatic rings. The molecular weight excluding hydrogens is 498 g/mol. The van der Waals surface area contributed by atoms with Crippen LogP contribution in [0.2, 0.25) is 5.02 Å². The van der Waals surface area contributed by atoms with Crippen molar-refractivity contribution in [1.82, 2.24) is 14.7 Å². The van der Waals surface area contributed by atoms with E-state index in [2.05, 4.69) is 31.4 Å². The third-order valence-electron chi connectivity index (χ3n) is 5.92. The Kier molecular flexibility index (Phi) is 8.17. The molecule has 196 valence electrons. The van der Waals surface area contributed by atoms with E-state index >= 15 is 0 Å². The van der Waals surface area contributed by atoms with E-state index in [1.54, 1.807) is 28.9 Å². The van der Waals surface area contributed by atoms with E-state index in [4.69, 9.17) is 16.7 Å². The number of amides is 3. The number of aromatic nitrogens is 2. The zero-order valence-electron chi connectivity index (χ0n) is 22.0. The topological polar surface area (TPSA) is 79.3 Å². The predicted octanol–water partition coefficient (Wildman–Crippen LogP) is 6.80. The van der Waals surface area contributed by atoms with E-state index < -0.39 is 6.03 Å².